The summed E-state index contributed by atoms with van der Waals surface area (Å²) in [4.78, 5) is 37.0. The normalized spacial score (nSPS) is 11.5. The maximum Gasteiger partial charge on any atom is 0.331 e. The molecule has 0 fully saturated rings. The lowest BCUT2D eigenvalue weighted by molar-refractivity contribution is -0.121. The Balaban J connectivity index is 1.69. The minimum absolute atomic E-state index is 0.0197. The second-order valence-corrected chi connectivity index (χ2v) is 8.10. The number of rotatable bonds is 6. The van der Waals surface area contributed by atoms with Crippen LogP contribution in [0.5, 0.6) is 0 Å². The third kappa shape index (κ3) is 4.44. The lowest BCUT2D eigenvalue weighted by Gasteiger charge is -2.12. The average molecular weight is 416 g/mol. The molecule has 0 aliphatic rings. The second kappa shape index (κ2) is 8.02. The fraction of sp³-hybridized carbons (Fsp3) is 0.211. The Hall–Kier alpha value is -3.24. The van der Waals surface area contributed by atoms with E-state index in [9.17, 15) is 22.8 Å². The van der Waals surface area contributed by atoms with E-state index in [0.717, 1.165) is 10.1 Å². The molecule has 10 heteroatoms. The van der Waals surface area contributed by atoms with Crippen molar-refractivity contribution in [2.75, 3.05) is 6.54 Å². The quantitative estimate of drug-likeness (QED) is 0.569. The van der Waals surface area contributed by atoms with Gasteiger partial charge in [0, 0.05) is 13.6 Å². The summed E-state index contributed by atoms with van der Waals surface area (Å²) in [5.41, 5.74) is 0.240. The van der Waals surface area contributed by atoms with E-state index in [4.69, 9.17) is 5.14 Å². The number of nitrogens with two attached hydrogens (primary N) is 1. The number of sulfonamides is 1. The molecule has 1 aromatic heterocycles. The van der Waals surface area contributed by atoms with E-state index in [2.05, 4.69) is 5.32 Å². The van der Waals surface area contributed by atoms with Crippen molar-refractivity contribution >= 4 is 26.8 Å². The van der Waals surface area contributed by atoms with Crippen molar-refractivity contribution in [2.45, 2.75) is 17.9 Å². The van der Waals surface area contributed by atoms with E-state index in [-0.39, 0.29) is 17.3 Å². The molecule has 0 atom stereocenters. The lowest BCUT2D eigenvalue weighted by Crippen LogP contribution is -2.41. The van der Waals surface area contributed by atoms with E-state index in [1.54, 1.807) is 36.4 Å². The van der Waals surface area contributed by atoms with Crippen molar-refractivity contribution in [3.63, 3.8) is 0 Å². The van der Waals surface area contributed by atoms with Gasteiger partial charge in [0.2, 0.25) is 15.9 Å². The highest BCUT2D eigenvalue weighted by Gasteiger charge is 2.13. The molecule has 0 saturated heterocycles. The lowest BCUT2D eigenvalue weighted by atomic mass is 10.1. The molecular formula is C19H20N4O5S. The van der Waals surface area contributed by atoms with Gasteiger partial charge in [0.15, 0.2) is 0 Å². The van der Waals surface area contributed by atoms with E-state index in [1.165, 1.54) is 23.7 Å². The SMILES string of the molecule is Cn1c(=O)c2ccccc2n(CC(=O)NCCc2ccc(S(N)(=O)=O)cc2)c1=O. The first-order valence-corrected chi connectivity index (χ1v) is 10.3. The number of para-hydroxylation sites is 1. The third-order valence-electron chi connectivity index (χ3n) is 4.54. The Labute approximate surface area is 166 Å². The molecule has 0 bridgehead atoms. The van der Waals surface area contributed by atoms with Crippen LogP contribution < -0.4 is 21.7 Å². The van der Waals surface area contributed by atoms with Crippen molar-refractivity contribution in [3.8, 4) is 0 Å². The third-order valence-corrected chi connectivity index (χ3v) is 5.47. The predicted molar refractivity (Wildman–Crippen MR) is 108 cm³/mol. The van der Waals surface area contributed by atoms with Gasteiger partial charge in [-0.25, -0.2) is 18.4 Å². The molecule has 0 radical (unpaired) electrons. The number of nitrogens with zero attached hydrogens (tertiary/aromatic N) is 2. The van der Waals surface area contributed by atoms with Gasteiger partial charge in [-0.2, -0.15) is 0 Å². The van der Waals surface area contributed by atoms with E-state index >= 15 is 0 Å². The first-order chi connectivity index (χ1) is 13.7. The molecule has 152 valence electrons. The Morgan fingerprint density at radius 3 is 2.38 bits per heavy atom. The fourth-order valence-corrected chi connectivity index (χ4v) is 3.50. The largest absolute Gasteiger partial charge is 0.354 e. The summed E-state index contributed by atoms with van der Waals surface area (Å²) < 4.78 is 24.7. The van der Waals surface area contributed by atoms with Crippen LogP contribution in [-0.4, -0.2) is 30.0 Å². The number of fused-ring (bicyclic) bond motifs is 1. The van der Waals surface area contributed by atoms with Crippen LogP contribution in [0.1, 0.15) is 5.56 Å². The number of carbonyl (C=O) groups excluding carboxylic acids is 1. The Morgan fingerprint density at radius 2 is 1.72 bits per heavy atom. The number of nitrogens with one attached hydrogen (secondary N) is 1. The monoisotopic (exact) mass is 416 g/mol. The zero-order valence-electron chi connectivity index (χ0n) is 15.7. The summed E-state index contributed by atoms with van der Waals surface area (Å²) in [6, 6.07) is 12.7. The minimum atomic E-state index is -3.74. The maximum absolute atomic E-state index is 12.4. The number of benzene rings is 2. The first-order valence-electron chi connectivity index (χ1n) is 8.75. The highest BCUT2D eigenvalue weighted by molar-refractivity contribution is 7.89. The highest BCUT2D eigenvalue weighted by Crippen LogP contribution is 2.09. The highest BCUT2D eigenvalue weighted by atomic mass is 32.2. The zero-order chi connectivity index (χ0) is 21.2. The van der Waals surface area contributed by atoms with Crippen molar-refractivity contribution in [3.05, 3.63) is 74.9 Å². The van der Waals surface area contributed by atoms with Crippen LogP contribution in [-0.2, 0) is 34.8 Å². The smallest absolute Gasteiger partial charge is 0.331 e. The van der Waals surface area contributed by atoms with Gasteiger partial charge in [-0.1, -0.05) is 24.3 Å². The zero-order valence-corrected chi connectivity index (χ0v) is 16.5. The molecule has 2 aromatic carbocycles. The number of primary sulfonamides is 1. The number of hydrogen-bond donors (Lipinski definition) is 2. The Bertz CT molecular complexity index is 1290. The Kier molecular flexibility index (Phi) is 5.66. The van der Waals surface area contributed by atoms with Gasteiger partial charge in [-0.15, -0.1) is 0 Å². The topological polar surface area (TPSA) is 133 Å². The predicted octanol–water partition coefficient (Wildman–Crippen LogP) is -0.293. The van der Waals surface area contributed by atoms with Crippen molar-refractivity contribution in [1.29, 1.82) is 0 Å². The molecule has 1 heterocycles. The molecule has 29 heavy (non-hydrogen) atoms. The van der Waals surface area contributed by atoms with E-state index < -0.39 is 21.3 Å². The summed E-state index contributed by atoms with van der Waals surface area (Å²) in [5, 5.41) is 8.14. The summed E-state index contributed by atoms with van der Waals surface area (Å²) in [5.74, 6) is -0.378. The van der Waals surface area contributed by atoms with E-state index in [1.807, 2.05) is 0 Å². The van der Waals surface area contributed by atoms with Gasteiger partial charge in [-0.3, -0.25) is 18.7 Å². The summed E-state index contributed by atoms with van der Waals surface area (Å²) in [6.45, 7) is 0.0732. The van der Waals surface area contributed by atoms with Crippen molar-refractivity contribution in [2.24, 2.45) is 12.2 Å². The van der Waals surface area contributed by atoms with Gasteiger partial charge < -0.3 is 5.32 Å². The summed E-state index contributed by atoms with van der Waals surface area (Å²) in [7, 11) is -2.37. The number of hydrogen-bond acceptors (Lipinski definition) is 5. The van der Waals surface area contributed by atoms with Gasteiger partial charge in [0.1, 0.15) is 6.54 Å². The standard InChI is InChI=1S/C19H20N4O5S/c1-22-18(25)15-4-2-3-5-16(15)23(19(22)26)12-17(24)21-11-10-13-6-8-14(9-7-13)29(20,27)28/h2-9H,10-12H2,1H3,(H,21,24)(H2,20,27,28). The molecule has 0 saturated carbocycles. The molecule has 3 rings (SSSR count). The van der Waals surface area contributed by atoms with Crippen molar-refractivity contribution in [1.82, 2.24) is 14.5 Å². The first kappa shape index (κ1) is 20.5. The number of amides is 1. The molecule has 0 aliphatic heterocycles. The maximum atomic E-state index is 12.4. The molecular weight excluding hydrogens is 396 g/mol. The average Bonchev–Trinajstić information content (AvgIpc) is 2.69. The van der Waals surface area contributed by atoms with Crippen LogP contribution >= 0.6 is 0 Å². The number of aromatic nitrogens is 2. The minimum Gasteiger partial charge on any atom is -0.354 e. The summed E-state index contributed by atoms with van der Waals surface area (Å²) >= 11 is 0. The van der Waals surface area contributed by atoms with Crippen LogP contribution in [0, 0.1) is 0 Å². The molecule has 0 spiro atoms. The molecule has 3 N–H and O–H groups in total. The molecule has 9 nitrogen and oxygen atoms in total. The van der Waals surface area contributed by atoms with Gasteiger partial charge >= 0.3 is 5.69 Å². The molecule has 0 unspecified atom stereocenters. The van der Waals surface area contributed by atoms with E-state index in [0.29, 0.717) is 23.9 Å². The molecule has 3 aromatic rings. The van der Waals surface area contributed by atoms with Crippen LogP contribution in [0.4, 0.5) is 0 Å². The van der Waals surface area contributed by atoms with Crippen LogP contribution in [0.25, 0.3) is 10.9 Å². The van der Waals surface area contributed by atoms with Crippen LogP contribution in [0.3, 0.4) is 0 Å². The van der Waals surface area contributed by atoms with Crippen LogP contribution in [0.15, 0.2) is 63.0 Å². The van der Waals surface area contributed by atoms with Crippen LogP contribution in [0.2, 0.25) is 0 Å². The second-order valence-electron chi connectivity index (χ2n) is 6.54. The Morgan fingerprint density at radius 1 is 1.07 bits per heavy atom. The van der Waals surface area contributed by atoms with Crippen molar-refractivity contribution < 1.29 is 13.2 Å². The molecule has 1 amide bonds. The van der Waals surface area contributed by atoms with Gasteiger partial charge in [-0.05, 0) is 36.2 Å². The van der Waals surface area contributed by atoms with Gasteiger partial charge in [0.05, 0.1) is 15.8 Å². The fourth-order valence-electron chi connectivity index (χ4n) is 2.99. The van der Waals surface area contributed by atoms with Gasteiger partial charge in [0.25, 0.3) is 5.56 Å². The molecule has 0 aliphatic carbocycles. The summed E-state index contributed by atoms with van der Waals surface area (Å²) in [6.07, 6.45) is 0.472. The number of carbonyl (C=O) groups is 1.